The number of anilines is 5. The molecule has 0 aromatic heterocycles. The summed E-state index contributed by atoms with van der Waals surface area (Å²) in [7, 11) is 2.13. The molecule has 5 aromatic rings. The van der Waals surface area contributed by atoms with E-state index in [1.807, 2.05) is 0 Å². The van der Waals surface area contributed by atoms with E-state index in [0.717, 1.165) is 17.1 Å². The molecule has 0 bridgehead atoms. The van der Waals surface area contributed by atoms with E-state index in [-0.39, 0.29) is 0 Å². The second-order valence-corrected chi connectivity index (χ2v) is 11.2. The molecule has 7 rings (SSSR count). The fraction of sp³-hybridized carbons (Fsp3) is 0.128. The highest BCUT2D eigenvalue weighted by atomic mass is 15.1. The van der Waals surface area contributed by atoms with Crippen molar-refractivity contribution in [2.24, 2.45) is 11.8 Å². The first-order chi connectivity index (χ1) is 20.2. The largest absolute Gasteiger partial charge is 0.345 e. The molecule has 0 N–H and O–H groups in total. The first kappa shape index (κ1) is 25.2. The first-order valence-electron chi connectivity index (χ1n) is 14.5. The van der Waals surface area contributed by atoms with Gasteiger partial charge in [0.2, 0.25) is 0 Å². The molecule has 2 nitrogen and oxygen atoms in total. The van der Waals surface area contributed by atoms with E-state index in [1.54, 1.807) is 0 Å². The van der Waals surface area contributed by atoms with Crippen LogP contribution in [-0.4, -0.2) is 7.05 Å². The van der Waals surface area contributed by atoms with E-state index in [2.05, 4.69) is 175 Å². The van der Waals surface area contributed by atoms with E-state index in [9.17, 15) is 0 Å². The van der Waals surface area contributed by atoms with Crippen molar-refractivity contribution in [2.75, 3.05) is 16.8 Å². The normalized spacial score (nSPS) is 18.5. The Kier molecular flexibility index (Phi) is 6.53. The molecule has 0 aliphatic heterocycles. The first-order valence-corrected chi connectivity index (χ1v) is 14.5. The number of fused-ring (bicyclic) bond motifs is 1. The second kappa shape index (κ2) is 10.6. The molecule has 2 atom stereocenters. The van der Waals surface area contributed by atoms with Crippen LogP contribution in [0, 0.1) is 18.8 Å². The predicted octanol–water partition coefficient (Wildman–Crippen LogP) is 10.4. The highest BCUT2D eigenvalue weighted by Gasteiger charge is 2.48. The third-order valence-corrected chi connectivity index (χ3v) is 8.55. The van der Waals surface area contributed by atoms with Gasteiger partial charge in [0, 0.05) is 35.5 Å². The van der Waals surface area contributed by atoms with Crippen molar-refractivity contribution in [2.45, 2.75) is 12.8 Å². The van der Waals surface area contributed by atoms with Gasteiger partial charge < -0.3 is 9.80 Å². The third kappa shape index (κ3) is 4.98. The van der Waals surface area contributed by atoms with Crippen molar-refractivity contribution in [1.29, 1.82) is 0 Å². The Labute approximate surface area is 243 Å². The maximum Gasteiger partial charge on any atom is 0.0467 e. The maximum atomic E-state index is 2.40. The standard InChI is InChI=1S/C39H34N2/c1-28-18-20-32(21-19-28)40(2)33-22-24-34(25-23-33)41(35-14-8-12-30(26-35)29-10-4-3-5-11-29)36-15-9-13-31(27-36)39-37-16-6-7-17-38(37)39/h3-27,37-39H,1-2H3. The third-order valence-electron chi connectivity index (χ3n) is 8.55. The van der Waals surface area contributed by atoms with E-state index in [1.165, 1.54) is 33.6 Å². The fourth-order valence-corrected chi connectivity index (χ4v) is 6.20. The maximum absolute atomic E-state index is 2.40. The zero-order valence-corrected chi connectivity index (χ0v) is 23.6. The highest BCUT2D eigenvalue weighted by Crippen LogP contribution is 2.57. The van der Waals surface area contributed by atoms with Gasteiger partial charge in [0.05, 0.1) is 0 Å². The Morgan fingerprint density at radius 3 is 1.73 bits per heavy atom. The molecular formula is C39H34N2. The van der Waals surface area contributed by atoms with Crippen LogP contribution in [-0.2, 0) is 0 Å². The quantitative estimate of drug-likeness (QED) is 0.206. The minimum Gasteiger partial charge on any atom is -0.345 e. The smallest absolute Gasteiger partial charge is 0.0467 e. The van der Waals surface area contributed by atoms with Crippen molar-refractivity contribution >= 4 is 28.4 Å². The zero-order chi connectivity index (χ0) is 27.8. The van der Waals surface area contributed by atoms with Gasteiger partial charge in [0.25, 0.3) is 0 Å². The SMILES string of the molecule is Cc1ccc(N(C)c2ccc(N(c3cccc(-c4ccccc4)c3)c3cccc(C4C5C=CC=CC54)c3)cc2)cc1. The number of aryl methyl sites for hydroxylation is 1. The lowest BCUT2D eigenvalue weighted by atomic mass is 10.0. The Morgan fingerprint density at radius 2 is 1.05 bits per heavy atom. The van der Waals surface area contributed by atoms with Gasteiger partial charge in [-0.05, 0) is 102 Å². The van der Waals surface area contributed by atoms with Crippen LogP contribution in [0.2, 0.25) is 0 Å². The summed E-state index contributed by atoms with van der Waals surface area (Å²) in [5, 5.41) is 0. The summed E-state index contributed by atoms with van der Waals surface area (Å²) in [6.45, 7) is 2.12. The summed E-state index contributed by atoms with van der Waals surface area (Å²) in [6.07, 6.45) is 9.13. The molecule has 2 aliphatic rings. The fourth-order valence-electron chi connectivity index (χ4n) is 6.20. The van der Waals surface area contributed by atoms with Crippen LogP contribution < -0.4 is 9.80 Å². The highest BCUT2D eigenvalue weighted by molar-refractivity contribution is 5.81. The number of benzene rings is 5. The van der Waals surface area contributed by atoms with Crippen LogP contribution in [0.3, 0.4) is 0 Å². The van der Waals surface area contributed by atoms with Crippen LogP contribution in [0.15, 0.2) is 152 Å². The Morgan fingerprint density at radius 1 is 0.488 bits per heavy atom. The summed E-state index contributed by atoms with van der Waals surface area (Å²) < 4.78 is 0. The second-order valence-electron chi connectivity index (χ2n) is 11.2. The van der Waals surface area contributed by atoms with E-state index < -0.39 is 0 Å². The van der Waals surface area contributed by atoms with Gasteiger partial charge in [-0.25, -0.2) is 0 Å². The molecule has 2 heteroatoms. The summed E-state index contributed by atoms with van der Waals surface area (Å²) in [4.78, 5) is 4.63. The number of allylic oxidation sites excluding steroid dienone is 4. The minimum atomic E-state index is 0.563. The van der Waals surface area contributed by atoms with E-state index in [0.29, 0.717) is 17.8 Å². The Hall–Kier alpha value is -4.82. The molecule has 0 heterocycles. The van der Waals surface area contributed by atoms with Gasteiger partial charge in [0.15, 0.2) is 0 Å². The monoisotopic (exact) mass is 530 g/mol. The number of nitrogens with zero attached hydrogens (tertiary/aromatic N) is 2. The number of hydrogen-bond donors (Lipinski definition) is 0. The average Bonchev–Trinajstić information content (AvgIpc) is 3.77. The van der Waals surface area contributed by atoms with Crippen LogP contribution >= 0.6 is 0 Å². The minimum absolute atomic E-state index is 0.563. The lowest BCUT2D eigenvalue weighted by Crippen LogP contribution is -2.12. The summed E-state index contributed by atoms with van der Waals surface area (Å²) in [5.74, 6) is 1.82. The molecule has 2 unspecified atom stereocenters. The predicted molar refractivity (Wildman–Crippen MR) is 174 cm³/mol. The van der Waals surface area contributed by atoms with Crippen molar-refractivity contribution in [3.63, 3.8) is 0 Å². The van der Waals surface area contributed by atoms with Gasteiger partial charge in [-0.15, -0.1) is 0 Å². The molecule has 0 amide bonds. The van der Waals surface area contributed by atoms with E-state index >= 15 is 0 Å². The molecule has 200 valence electrons. The lowest BCUT2D eigenvalue weighted by Gasteiger charge is -2.27. The van der Waals surface area contributed by atoms with Gasteiger partial charge in [-0.2, -0.15) is 0 Å². The van der Waals surface area contributed by atoms with Gasteiger partial charge in [-0.3, -0.25) is 0 Å². The summed E-state index contributed by atoms with van der Waals surface area (Å²) in [6, 6.07) is 46.3. The van der Waals surface area contributed by atoms with Crippen LogP contribution in [0.5, 0.6) is 0 Å². The Balaban J connectivity index is 1.28. The molecule has 0 radical (unpaired) electrons. The van der Waals surface area contributed by atoms with Crippen LogP contribution in [0.1, 0.15) is 17.0 Å². The molecule has 5 aromatic carbocycles. The summed E-state index contributed by atoms with van der Waals surface area (Å²) >= 11 is 0. The van der Waals surface area contributed by atoms with Gasteiger partial charge in [-0.1, -0.05) is 96.6 Å². The number of rotatable bonds is 7. The van der Waals surface area contributed by atoms with Gasteiger partial charge in [0.1, 0.15) is 0 Å². The molecule has 0 spiro atoms. The molecule has 2 aliphatic carbocycles. The molecule has 41 heavy (non-hydrogen) atoms. The van der Waals surface area contributed by atoms with E-state index in [4.69, 9.17) is 0 Å². The van der Waals surface area contributed by atoms with Crippen molar-refractivity contribution in [1.82, 2.24) is 0 Å². The van der Waals surface area contributed by atoms with Crippen molar-refractivity contribution in [3.8, 4) is 11.1 Å². The topological polar surface area (TPSA) is 6.48 Å². The summed E-state index contributed by atoms with van der Waals surface area (Å²) in [5.41, 5.74) is 10.9. The van der Waals surface area contributed by atoms with Crippen molar-refractivity contribution < 1.29 is 0 Å². The molecule has 1 saturated carbocycles. The lowest BCUT2D eigenvalue weighted by molar-refractivity contribution is 0.981. The molecule has 1 fully saturated rings. The molecule has 0 saturated heterocycles. The van der Waals surface area contributed by atoms with Gasteiger partial charge >= 0.3 is 0 Å². The van der Waals surface area contributed by atoms with Crippen LogP contribution in [0.4, 0.5) is 28.4 Å². The Bertz CT molecular complexity index is 1700. The number of hydrogen-bond acceptors (Lipinski definition) is 2. The van der Waals surface area contributed by atoms with Crippen molar-refractivity contribution in [3.05, 3.63) is 163 Å². The van der Waals surface area contributed by atoms with Crippen LogP contribution in [0.25, 0.3) is 11.1 Å². The zero-order valence-electron chi connectivity index (χ0n) is 23.6. The average molecular weight is 531 g/mol. The molecular weight excluding hydrogens is 496 g/mol.